The van der Waals surface area contributed by atoms with Crippen LogP contribution in [0, 0.1) is 9.52 Å². The second kappa shape index (κ2) is 4.42. The Morgan fingerprint density at radius 2 is 2.13 bits per heavy atom. The summed E-state index contributed by atoms with van der Waals surface area (Å²) in [7, 11) is 0. The SMILES string of the molecule is CC(C)(C)OC(=O)c1cc(I)cnc1F. The molecular weight excluding hydrogens is 312 g/mol. The molecule has 15 heavy (non-hydrogen) atoms. The minimum Gasteiger partial charge on any atom is -0.456 e. The molecule has 0 aliphatic carbocycles. The van der Waals surface area contributed by atoms with Gasteiger partial charge in [-0.1, -0.05) is 0 Å². The molecule has 0 saturated carbocycles. The lowest BCUT2D eigenvalue weighted by molar-refractivity contribution is 0.00636. The fourth-order valence-electron chi connectivity index (χ4n) is 0.899. The summed E-state index contributed by atoms with van der Waals surface area (Å²) >= 11 is 1.96. The predicted molar refractivity (Wildman–Crippen MR) is 62.1 cm³/mol. The lowest BCUT2D eigenvalue weighted by Crippen LogP contribution is -2.24. The van der Waals surface area contributed by atoms with E-state index in [0.717, 1.165) is 0 Å². The predicted octanol–water partition coefficient (Wildman–Crippen LogP) is 2.78. The molecule has 1 rings (SSSR count). The number of rotatable bonds is 1. The summed E-state index contributed by atoms with van der Waals surface area (Å²) in [5.41, 5.74) is -0.762. The molecule has 0 unspecified atom stereocenters. The average Bonchev–Trinajstić information content (AvgIpc) is 2.06. The third-order valence-corrected chi connectivity index (χ3v) is 2.01. The molecule has 0 saturated heterocycles. The van der Waals surface area contributed by atoms with E-state index in [4.69, 9.17) is 4.74 Å². The molecular formula is C10H11FINO2. The molecule has 1 aromatic rings. The summed E-state index contributed by atoms with van der Waals surface area (Å²) in [5.74, 6) is -1.49. The first-order chi connectivity index (χ1) is 6.79. The van der Waals surface area contributed by atoms with E-state index in [9.17, 15) is 9.18 Å². The number of ether oxygens (including phenoxy) is 1. The van der Waals surface area contributed by atoms with Crippen molar-refractivity contribution in [1.29, 1.82) is 0 Å². The Kier molecular flexibility index (Phi) is 3.64. The molecule has 82 valence electrons. The van der Waals surface area contributed by atoms with Crippen LogP contribution in [0.5, 0.6) is 0 Å². The molecule has 1 aromatic heterocycles. The molecule has 0 N–H and O–H groups in total. The quantitative estimate of drug-likeness (QED) is 0.453. The zero-order chi connectivity index (χ0) is 11.6. The fourth-order valence-corrected chi connectivity index (χ4v) is 1.35. The summed E-state index contributed by atoms with van der Waals surface area (Å²) in [4.78, 5) is 15.0. The van der Waals surface area contributed by atoms with E-state index in [1.807, 2.05) is 22.6 Å². The number of carbonyl (C=O) groups excluding carboxylic acids is 1. The number of pyridine rings is 1. The summed E-state index contributed by atoms with van der Waals surface area (Å²) < 4.78 is 18.9. The molecule has 0 fully saturated rings. The van der Waals surface area contributed by atoms with Gasteiger partial charge in [0.2, 0.25) is 5.95 Å². The summed E-state index contributed by atoms with van der Waals surface area (Å²) in [6, 6.07) is 1.41. The Morgan fingerprint density at radius 3 is 2.67 bits per heavy atom. The number of carbonyl (C=O) groups is 1. The summed E-state index contributed by atoms with van der Waals surface area (Å²) in [6.45, 7) is 5.18. The van der Waals surface area contributed by atoms with Crippen LogP contribution in [-0.2, 0) is 4.74 Å². The minimum absolute atomic E-state index is 0.128. The molecule has 1 heterocycles. The Morgan fingerprint density at radius 1 is 1.53 bits per heavy atom. The molecule has 5 heteroatoms. The topological polar surface area (TPSA) is 39.2 Å². The van der Waals surface area contributed by atoms with Crippen molar-refractivity contribution in [2.24, 2.45) is 0 Å². The highest BCUT2D eigenvalue weighted by molar-refractivity contribution is 14.1. The molecule has 0 atom stereocenters. The maximum absolute atomic E-state index is 13.2. The highest BCUT2D eigenvalue weighted by Gasteiger charge is 2.21. The Labute approximate surface area is 101 Å². The van der Waals surface area contributed by atoms with Gasteiger partial charge in [0.25, 0.3) is 0 Å². The van der Waals surface area contributed by atoms with Crippen molar-refractivity contribution in [3.05, 3.63) is 27.3 Å². The van der Waals surface area contributed by atoms with Gasteiger partial charge in [-0.2, -0.15) is 4.39 Å². The summed E-state index contributed by atoms with van der Waals surface area (Å²) in [5, 5.41) is 0. The van der Waals surface area contributed by atoms with E-state index in [0.29, 0.717) is 3.57 Å². The smallest absolute Gasteiger partial charge is 0.343 e. The standard InChI is InChI=1S/C10H11FINO2/c1-10(2,3)15-9(14)7-4-6(12)5-13-8(7)11/h4-5H,1-3H3. The third kappa shape index (κ3) is 3.73. The lowest BCUT2D eigenvalue weighted by atomic mass is 10.2. The monoisotopic (exact) mass is 323 g/mol. The van der Waals surface area contributed by atoms with Gasteiger partial charge < -0.3 is 4.74 Å². The first-order valence-electron chi connectivity index (χ1n) is 4.34. The fraction of sp³-hybridized carbons (Fsp3) is 0.400. The van der Waals surface area contributed by atoms with Crippen LogP contribution in [0.15, 0.2) is 12.3 Å². The van der Waals surface area contributed by atoms with Gasteiger partial charge in [0.05, 0.1) is 0 Å². The number of nitrogens with zero attached hydrogens (tertiary/aromatic N) is 1. The molecule has 0 bridgehead atoms. The van der Waals surface area contributed by atoms with E-state index in [-0.39, 0.29) is 5.56 Å². The molecule has 0 aromatic carbocycles. The van der Waals surface area contributed by atoms with Crippen LogP contribution in [0.4, 0.5) is 4.39 Å². The van der Waals surface area contributed by atoms with Crippen molar-refractivity contribution >= 4 is 28.6 Å². The first-order valence-corrected chi connectivity index (χ1v) is 5.42. The average molecular weight is 323 g/mol. The van der Waals surface area contributed by atoms with Gasteiger partial charge in [-0.3, -0.25) is 0 Å². The normalized spacial score (nSPS) is 11.3. The Hall–Kier alpha value is -0.720. The lowest BCUT2D eigenvalue weighted by Gasteiger charge is -2.19. The third-order valence-electron chi connectivity index (χ3n) is 1.42. The highest BCUT2D eigenvalue weighted by atomic mass is 127. The Balaban J connectivity index is 2.96. The molecule has 0 aliphatic heterocycles. The maximum Gasteiger partial charge on any atom is 0.343 e. The zero-order valence-corrected chi connectivity index (χ0v) is 10.8. The van der Waals surface area contributed by atoms with Crippen LogP contribution >= 0.6 is 22.6 Å². The van der Waals surface area contributed by atoms with E-state index in [1.165, 1.54) is 12.3 Å². The zero-order valence-electron chi connectivity index (χ0n) is 8.67. The van der Waals surface area contributed by atoms with Crippen molar-refractivity contribution in [3.8, 4) is 0 Å². The largest absolute Gasteiger partial charge is 0.456 e. The first kappa shape index (κ1) is 12.4. The van der Waals surface area contributed by atoms with Gasteiger partial charge in [0.15, 0.2) is 0 Å². The second-order valence-corrected chi connectivity index (χ2v) is 5.24. The number of hydrogen-bond acceptors (Lipinski definition) is 3. The van der Waals surface area contributed by atoms with Crippen LogP contribution < -0.4 is 0 Å². The minimum atomic E-state index is -0.801. The highest BCUT2D eigenvalue weighted by Crippen LogP contribution is 2.15. The van der Waals surface area contributed by atoms with Crippen LogP contribution in [0.25, 0.3) is 0 Å². The molecule has 0 radical (unpaired) electrons. The van der Waals surface area contributed by atoms with Crippen LogP contribution in [0.1, 0.15) is 31.1 Å². The number of halogens is 2. The van der Waals surface area contributed by atoms with Crippen LogP contribution in [0.3, 0.4) is 0 Å². The number of aromatic nitrogens is 1. The van der Waals surface area contributed by atoms with Crippen molar-refractivity contribution in [2.45, 2.75) is 26.4 Å². The van der Waals surface area contributed by atoms with Gasteiger partial charge in [0, 0.05) is 9.77 Å². The molecule has 0 spiro atoms. The van der Waals surface area contributed by atoms with Crippen LogP contribution in [0.2, 0.25) is 0 Å². The van der Waals surface area contributed by atoms with Gasteiger partial charge in [-0.15, -0.1) is 0 Å². The maximum atomic E-state index is 13.2. The molecule has 0 aliphatic rings. The van der Waals surface area contributed by atoms with Crippen LogP contribution in [-0.4, -0.2) is 16.6 Å². The van der Waals surface area contributed by atoms with E-state index < -0.39 is 17.5 Å². The molecule has 0 amide bonds. The van der Waals surface area contributed by atoms with Gasteiger partial charge in [0.1, 0.15) is 11.2 Å². The Bertz CT molecular complexity index is 387. The van der Waals surface area contributed by atoms with Crippen molar-refractivity contribution in [3.63, 3.8) is 0 Å². The van der Waals surface area contributed by atoms with Crippen molar-refractivity contribution in [1.82, 2.24) is 4.98 Å². The second-order valence-electron chi connectivity index (χ2n) is 3.99. The van der Waals surface area contributed by atoms with Crippen molar-refractivity contribution < 1.29 is 13.9 Å². The van der Waals surface area contributed by atoms with E-state index >= 15 is 0 Å². The number of hydrogen-bond donors (Lipinski definition) is 0. The summed E-state index contributed by atoms with van der Waals surface area (Å²) in [6.07, 6.45) is 1.35. The number of esters is 1. The van der Waals surface area contributed by atoms with Gasteiger partial charge >= 0.3 is 5.97 Å². The van der Waals surface area contributed by atoms with E-state index in [2.05, 4.69) is 4.98 Å². The van der Waals surface area contributed by atoms with Crippen molar-refractivity contribution in [2.75, 3.05) is 0 Å². The van der Waals surface area contributed by atoms with E-state index in [1.54, 1.807) is 20.8 Å². The molecule has 3 nitrogen and oxygen atoms in total. The van der Waals surface area contributed by atoms with Gasteiger partial charge in [-0.05, 0) is 49.4 Å². The van der Waals surface area contributed by atoms with Gasteiger partial charge in [-0.25, -0.2) is 9.78 Å².